The van der Waals surface area contributed by atoms with Crippen LogP contribution in [0.3, 0.4) is 0 Å². The molecule has 4 N–H and O–H groups in total. The predicted molar refractivity (Wildman–Crippen MR) is 123 cm³/mol. The van der Waals surface area contributed by atoms with Crippen LogP contribution in [-0.2, 0) is 37.2 Å². The molecule has 0 aliphatic carbocycles. The van der Waals surface area contributed by atoms with Crippen molar-refractivity contribution >= 4 is 21.9 Å². The molecule has 0 saturated heterocycles. The highest BCUT2D eigenvalue weighted by Gasteiger charge is 2.26. The van der Waals surface area contributed by atoms with Crippen LogP contribution in [0.5, 0.6) is 0 Å². The smallest absolute Gasteiger partial charge is 0.324 e. The summed E-state index contributed by atoms with van der Waals surface area (Å²) < 4.78 is 32.5. The van der Waals surface area contributed by atoms with Crippen molar-refractivity contribution in [2.45, 2.75) is 38.3 Å². The van der Waals surface area contributed by atoms with Crippen molar-refractivity contribution in [2.75, 3.05) is 18.9 Å². The van der Waals surface area contributed by atoms with Gasteiger partial charge >= 0.3 is 5.97 Å². The molecule has 9 heteroatoms. The second-order valence-corrected chi connectivity index (χ2v) is 9.25. The van der Waals surface area contributed by atoms with Crippen molar-refractivity contribution < 1.29 is 22.7 Å². The molecule has 2 aromatic carbocycles. The molecule has 0 aromatic heterocycles. The SMILES string of the molecule is CCOC(=O)[C@H](Cc1ccccc1)NS(=O)(=O)CCCNC(=O)[C@@H](N)Cc1ccccc1. The summed E-state index contributed by atoms with van der Waals surface area (Å²) in [6.07, 6.45) is 0.761. The zero-order valence-corrected chi connectivity index (χ0v) is 19.0. The van der Waals surface area contributed by atoms with Gasteiger partial charge in [-0.3, -0.25) is 9.59 Å². The lowest BCUT2D eigenvalue weighted by Crippen LogP contribution is -2.45. The summed E-state index contributed by atoms with van der Waals surface area (Å²) in [5.74, 6) is -1.21. The van der Waals surface area contributed by atoms with Gasteiger partial charge in [0.2, 0.25) is 15.9 Å². The molecule has 1 amide bonds. The van der Waals surface area contributed by atoms with Gasteiger partial charge in [0.25, 0.3) is 0 Å². The van der Waals surface area contributed by atoms with Gasteiger partial charge in [-0.15, -0.1) is 0 Å². The number of esters is 1. The number of sulfonamides is 1. The first-order valence-corrected chi connectivity index (χ1v) is 12.2. The van der Waals surface area contributed by atoms with Crippen LogP contribution in [0.4, 0.5) is 0 Å². The number of hydrogen-bond acceptors (Lipinski definition) is 6. The number of carbonyl (C=O) groups is 2. The third-order valence-electron chi connectivity index (χ3n) is 4.70. The monoisotopic (exact) mass is 461 g/mol. The van der Waals surface area contributed by atoms with Gasteiger partial charge in [-0.25, -0.2) is 13.1 Å². The zero-order valence-electron chi connectivity index (χ0n) is 18.2. The van der Waals surface area contributed by atoms with E-state index in [1.54, 1.807) is 6.92 Å². The number of nitrogens with two attached hydrogens (primary N) is 1. The molecule has 0 radical (unpaired) electrons. The van der Waals surface area contributed by atoms with Gasteiger partial charge in [0.1, 0.15) is 6.04 Å². The lowest BCUT2D eigenvalue weighted by atomic mass is 10.1. The Labute approximate surface area is 189 Å². The Morgan fingerprint density at radius 2 is 1.53 bits per heavy atom. The van der Waals surface area contributed by atoms with Crippen LogP contribution in [-0.4, -0.2) is 51.3 Å². The summed E-state index contributed by atoms with van der Waals surface area (Å²) in [6.45, 7) is 1.98. The minimum absolute atomic E-state index is 0.154. The standard InChI is InChI=1S/C23H31N3O5S/c1-2-31-23(28)21(17-19-12-7-4-8-13-19)26-32(29,30)15-9-14-25-22(27)20(24)16-18-10-5-3-6-11-18/h3-8,10-13,20-21,26H,2,9,14-17,24H2,1H3,(H,25,27)/t20-,21-/m0/s1. The van der Waals surface area contributed by atoms with Crippen LogP contribution in [0.1, 0.15) is 24.5 Å². The number of nitrogens with one attached hydrogen (secondary N) is 2. The van der Waals surface area contributed by atoms with E-state index in [4.69, 9.17) is 10.5 Å². The maximum Gasteiger partial charge on any atom is 0.324 e. The number of amides is 1. The molecule has 0 aliphatic heterocycles. The van der Waals surface area contributed by atoms with E-state index in [1.807, 2.05) is 60.7 Å². The Morgan fingerprint density at radius 1 is 0.969 bits per heavy atom. The summed E-state index contributed by atoms with van der Waals surface area (Å²) in [4.78, 5) is 24.4. The number of carbonyl (C=O) groups excluding carboxylic acids is 2. The first kappa shape index (κ1) is 25.5. The minimum Gasteiger partial charge on any atom is -0.465 e. The molecular weight excluding hydrogens is 430 g/mol. The van der Waals surface area contributed by atoms with Crippen molar-refractivity contribution in [1.82, 2.24) is 10.0 Å². The maximum absolute atomic E-state index is 12.5. The van der Waals surface area contributed by atoms with E-state index >= 15 is 0 Å². The summed E-state index contributed by atoms with van der Waals surface area (Å²) in [5, 5.41) is 2.66. The van der Waals surface area contributed by atoms with Crippen LogP contribution in [0.2, 0.25) is 0 Å². The molecule has 0 fully saturated rings. The van der Waals surface area contributed by atoms with E-state index in [0.29, 0.717) is 6.42 Å². The Kier molecular flexibility index (Phi) is 10.3. The molecule has 32 heavy (non-hydrogen) atoms. The van der Waals surface area contributed by atoms with E-state index in [0.717, 1.165) is 11.1 Å². The molecule has 0 spiro atoms. The molecule has 2 atom stereocenters. The lowest BCUT2D eigenvalue weighted by Gasteiger charge is -2.18. The third kappa shape index (κ3) is 9.17. The van der Waals surface area contributed by atoms with E-state index < -0.39 is 28.1 Å². The summed E-state index contributed by atoms with van der Waals surface area (Å²) in [7, 11) is -3.76. The number of rotatable bonds is 13. The molecule has 0 unspecified atom stereocenters. The molecule has 0 aliphatic rings. The van der Waals surface area contributed by atoms with Crippen molar-refractivity contribution in [3.05, 3.63) is 71.8 Å². The van der Waals surface area contributed by atoms with Gasteiger partial charge in [-0.05, 0) is 37.3 Å². The molecule has 174 valence electrons. The van der Waals surface area contributed by atoms with Gasteiger partial charge in [-0.1, -0.05) is 60.7 Å². The van der Waals surface area contributed by atoms with E-state index in [1.165, 1.54) is 0 Å². The van der Waals surface area contributed by atoms with Crippen LogP contribution in [0.15, 0.2) is 60.7 Å². The molecular formula is C23H31N3O5S. The maximum atomic E-state index is 12.5. The summed E-state index contributed by atoms with van der Waals surface area (Å²) >= 11 is 0. The van der Waals surface area contributed by atoms with Gasteiger partial charge in [0, 0.05) is 6.54 Å². The largest absolute Gasteiger partial charge is 0.465 e. The first-order chi connectivity index (χ1) is 15.3. The van der Waals surface area contributed by atoms with Gasteiger partial charge < -0.3 is 15.8 Å². The summed E-state index contributed by atoms with van der Waals surface area (Å²) in [6, 6.07) is 16.8. The second kappa shape index (κ2) is 12.9. The third-order valence-corrected chi connectivity index (χ3v) is 6.17. The average molecular weight is 462 g/mol. The summed E-state index contributed by atoms with van der Waals surface area (Å²) in [5.41, 5.74) is 7.69. The van der Waals surface area contributed by atoms with Crippen LogP contribution < -0.4 is 15.8 Å². The molecule has 2 aromatic rings. The molecule has 0 saturated carbocycles. The highest BCUT2D eigenvalue weighted by molar-refractivity contribution is 7.89. The van der Waals surface area contributed by atoms with E-state index in [9.17, 15) is 18.0 Å². The fourth-order valence-electron chi connectivity index (χ4n) is 3.11. The average Bonchev–Trinajstić information content (AvgIpc) is 2.77. The highest BCUT2D eigenvalue weighted by atomic mass is 32.2. The Hall–Kier alpha value is -2.75. The quantitative estimate of drug-likeness (QED) is 0.303. The van der Waals surface area contributed by atoms with Crippen molar-refractivity contribution in [3.8, 4) is 0 Å². The fraction of sp³-hybridized carbons (Fsp3) is 0.391. The Bertz CT molecular complexity index is 952. The Morgan fingerprint density at radius 3 is 2.09 bits per heavy atom. The minimum atomic E-state index is -3.76. The number of benzene rings is 2. The van der Waals surface area contributed by atoms with Crippen molar-refractivity contribution in [1.29, 1.82) is 0 Å². The molecule has 8 nitrogen and oxygen atoms in total. The van der Waals surface area contributed by atoms with E-state index in [2.05, 4.69) is 10.0 Å². The van der Waals surface area contributed by atoms with Crippen molar-refractivity contribution in [3.63, 3.8) is 0 Å². The van der Waals surface area contributed by atoms with Crippen LogP contribution in [0.25, 0.3) is 0 Å². The van der Waals surface area contributed by atoms with Gasteiger partial charge in [-0.2, -0.15) is 0 Å². The fourth-order valence-corrected chi connectivity index (χ4v) is 4.36. The topological polar surface area (TPSA) is 128 Å². The van der Waals surface area contributed by atoms with Crippen LogP contribution >= 0.6 is 0 Å². The number of ether oxygens (including phenoxy) is 1. The molecule has 0 bridgehead atoms. The molecule has 0 heterocycles. The second-order valence-electron chi connectivity index (χ2n) is 7.37. The zero-order chi connectivity index (χ0) is 23.4. The number of hydrogen-bond donors (Lipinski definition) is 3. The predicted octanol–water partition coefficient (Wildman–Crippen LogP) is 1.16. The van der Waals surface area contributed by atoms with Crippen molar-refractivity contribution in [2.24, 2.45) is 5.73 Å². The lowest BCUT2D eigenvalue weighted by molar-refractivity contribution is -0.145. The van der Waals surface area contributed by atoms with Crippen LogP contribution in [0, 0.1) is 0 Å². The molecule has 2 rings (SSSR count). The highest BCUT2D eigenvalue weighted by Crippen LogP contribution is 2.07. The first-order valence-electron chi connectivity index (χ1n) is 10.6. The van der Waals surface area contributed by atoms with Gasteiger partial charge in [0.05, 0.1) is 18.4 Å². The van der Waals surface area contributed by atoms with Gasteiger partial charge in [0.15, 0.2) is 0 Å². The normalized spacial score (nSPS) is 13.2. The Balaban J connectivity index is 1.82. The van der Waals surface area contributed by atoms with E-state index in [-0.39, 0.29) is 37.7 Å².